The SMILES string of the molecule is CC(=O)N1C[C@@H]2CNC(=O)[C@H](C(C)C)NC(=O)CN(C)C(=O)[C@@H](Cc3ccccc3)NC(=O)[C@@H](C1)O2. The highest BCUT2D eigenvalue weighted by molar-refractivity contribution is 5.93. The standard InChI is InChI=1S/C25H35N5O6/c1-15(2)22-24(34)26-11-18-12-30(16(3)31)13-20(36-18)23(33)27-19(10-17-8-6-5-7-9-17)25(35)29(4)14-21(32)28-22/h5-9,15,18-20,22H,10-14H2,1-4H3,(H,26,34)(H,27,33)(H,28,32)/t18-,19+,20+,22-/m0/s1. The first-order valence-corrected chi connectivity index (χ1v) is 12.1. The lowest BCUT2D eigenvalue weighted by molar-refractivity contribution is -0.156. The number of benzene rings is 1. The first-order valence-electron chi connectivity index (χ1n) is 12.1. The number of morpholine rings is 1. The van der Waals surface area contributed by atoms with Crippen LogP contribution in [0, 0.1) is 5.92 Å². The summed E-state index contributed by atoms with van der Waals surface area (Å²) in [6.07, 6.45) is -1.45. The Hall–Kier alpha value is -3.47. The van der Waals surface area contributed by atoms with Gasteiger partial charge < -0.3 is 30.5 Å². The van der Waals surface area contributed by atoms with Gasteiger partial charge in [-0.25, -0.2) is 0 Å². The summed E-state index contributed by atoms with van der Waals surface area (Å²) in [7, 11) is 1.47. The molecular weight excluding hydrogens is 466 g/mol. The first-order chi connectivity index (χ1) is 17.0. The van der Waals surface area contributed by atoms with Crippen molar-refractivity contribution in [3.8, 4) is 0 Å². The molecule has 4 atom stereocenters. The Morgan fingerprint density at radius 3 is 2.39 bits per heavy atom. The van der Waals surface area contributed by atoms with Gasteiger partial charge in [0.2, 0.25) is 23.6 Å². The van der Waals surface area contributed by atoms with Crippen LogP contribution in [-0.2, 0) is 35.1 Å². The Labute approximate surface area is 210 Å². The fraction of sp³-hybridized carbons (Fsp3) is 0.560. The zero-order valence-corrected chi connectivity index (χ0v) is 21.2. The van der Waals surface area contributed by atoms with Crippen LogP contribution in [0.4, 0.5) is 0 Å². The molecule has 2 saturated heterocycles. The van der Waals surface area contributed by atoms with Crippen molar-refractivity contribution in [2.75, 3.05) is 33.2 Å². The van der Waals surface area contributed by atoms with E-state index in [1.807, 2.05) is 30.3 Å². The predicted octanol–water partition coefficient (Wildman–Crippen LogP) is -0.941. The molecule has 2 aliphatic rings. The van der Waals surface area contributed by atoms with Crippen LogP contribution in [0.15, 0.2) is 30.3 Å². The van der Waals surface area contributed by atoms with Crippen molar-refractivity contribution < 1.29 is 28.7 Å². The summed E-state index contributed by atoms with van der Waals surface area (Å²) >= 11 is 0. The summed E-state index contributed by atoms with van der Waals surface area (Å²) in [4.78, 5) is 67.0. The average Bonchev–Trinajstić information content (AvgIpc) is 2.84. The molecule has 1 aromatic carbocycles. The number of carbonyl (C=O) groups excluding carboxylic acids is 5. The lowest BCUT2D eigenvalue weighted by Gasteiger charge is -2.37. The molecule has 2 heterocycles. The summed E-state index contributed by atoms with van der Waals surface area (Å²) in [5, 5.41) is 8.24. The van der Waals surface area contributed by atoms with Crippen molar-refractivity contribution in [1.82, 2.24) is 25.8 Å². The Kier molecular flexibility index (Phi) is 9.03. The number of likely N-dealkylation sites (N-methyl/N-ethyl adjacent to an activating group) is 1. The van der Waals surface area contributed by atoms with Crippen LogP contribution in [0.5, 0.6) is 0 Å². The van der Waals surface area contributed by atoms with E-state index in [2.05, 4.69) is 16.0 Å². The van der Waals surface area contributed by atoms with Crippen molar-refractivity contribution in [2.24, 2.45) is 5.92 Å². The zero-order chi connectivity index (χ0) is 26.4. The average molecular weight is 502 g/mol. The topological polar surface area (TPSA) is 137 Å². The van der Waals surface area contributed by atoms with Gasteiger partial charge in [0.25, 0.3) is 5.91 Å². The highest BCUT2D eigenvalue weighted by Gasteiger charge is 2.37. The van der Waals surface area contributed by atoms with Crippen molar-refractivity contribution in [1.29, 1.82) is 0 Å². The smallest absolute Gasteiger partial charge is 0.251 e. The van der Waals surface area contributed by atoms with E-state index in [-0.39, 0.29) is 44.4 Å². The van der Waals surface area contributed by atoms with Crippen LogP contribution in [0.3, 0.4) is 0 Å². The van der Waals surface area contributed by atoms with Gasteiger partial charge >= 0.3 is 0 Å². The molecular formula is C25H35N5O6. The quantitative estimate of drug-likeness (QED) is 0.489. The van der Waals surface area contributed by atoms with Gasteiger partial charge in [-0.05, 0) is 11.5 Å². The lowest BCUT2D eigenvalue weighted by atomic mass is 10.0. The van der Waals surface area contributed by atoms with Crippen LogP contribution >= 0.6 is 0 Å². The van der Waals surface area contributed by atoms with E-state index in [0.29, 0.717) is 0 Å². The van der Waals surface area contributed by atoms with Gasteiger partial charge in [0.05, 0.1) is 19.2 Å². The number of hydrogen-bond donors (Lipinski definition) is 3. The number of carbonyl (C=O) groups is 5. The summed E-state index contributed by atoms with van der Waals surface area (Å²) in [6, 6.07) is 7.42. The number of ether oxygens (including phenoxy) is 1. The molecule has 2 bridgehead atoms. The van der Waals surface area contributed by atoms with E-state index >= 15 is 0 Å². The minimum absolute atomic E-state index is 0.0301. The molecule has 0 saturated carbocycles. The molecule has 3 rings (SSSR count). The molecule has 196 valence electrons. The summed E-state index contributed by atoms with van der Waals surface area (Å²) in [5.41, 5.74) is 0.828. The van der Waals surface area contributed by atoms with Crippen LogP contribution in [0.1, 0.15) is 26.3 Å². The second-order valence-electron chi connectivity index (χ2n) is 9.65. The lowest BCUT2D eigenvalue weighted by Crippen LogP contribution is -2.59. The first kappa shape index (κ1) is 27.1. The second-order valence-corrected chi connectivity index (χ2v) is 9.65. The van der Waals surface area contributed by atoms with Gasteiger partial charge in [-0.2, -0.15) is 0 Å². The van der Waals surface area contributed by atoms with Crippen molar-refractivity contribution >= 4 is 29.5 Å². The summed E-state index contributed by atoms with van der Waals surface area (Å²) in [6.45, 7) is 5.01. The van der Waals surface area contributed by atoms with Crippen LogP contribution in [0.2, 0.25) is 0 Å². The van der Waals surface area contributed by atoms with Crippen LogP contribution in [-0.4, -0.2) is 96.9 Å². The fourth-order valence-electron chi connectivity index (χ4n) is 4.31. The van der Waals surface area contributed by atoms with Gasteiger partial charge in [-0.3, -0.25) is 24.0 Å². The predicted molar refractivity (Wildman–Crippen MR) is 130 cm³/mol. The maximum absolute atomic E-state index is 13.4. The molecule has 1 aromatic rings. The van der Waals surface area contributed by atoms with E-state index < -0.39 is 47.9 Å². The van der Waals surface area contributed by atoms with E-state index in [1.165, 1.54) is 23.8 Å². The third-order valence-corrected chi connectivity index (χ3v) is 6.33. The molecule has 5 amide bonds. The second kappa shape index (κ2) is 12.0. The highest BCUT2D eigenvalue weighted by Crippen LogP contribution is 2.14. The van der Waals surface area contributed by atoms with E-state index in [0.717, 1.165) is 5.56 Å². The minimum Gasteiger partial charge on any atom is -0.360 e. The molecule has 2 fully saturated rings. The van der Waals surface area contributed by atoms with Crippen molar-refractivity contribution in [3.63, 3.8) is 0 Å². The third kappa shape index (κ3) is 7.03. The maximum Gasteiger partial charge on any atom is 0.251 e. The molecule has 0 aliphatic carbocycles. The van der Waals surface area contributed by atoms with E-state index in [9.17, 15) is 24.0 Å². The number of hydrogen-bond acceptors (Lipinski definition) is 6. The number of nitrogens with one attached hydrogen (secondary N) is 3. The minimum atomic E-state index is -1.02. The molecule has 3 N–H and O–H groups in total. The molecule has 36 heavy (non-hydrogen) atoms. The largest absolute Gasteiger partial charge is 0.360 e. The van der Waals surface area contributed by atoms with Crippen LogP contribution in [0.25, 0.3) is 0 Å². The van der Waals surface area contributed by atoms with Gasteiger partial charge in [-0.15, -0.1) is 0 Å². The number of fused-ring (bicyclic) bond motifs is 2. The molecule has 11 nitrogen and oxygen atoms in total. The fourth-order valence-corrected chi connectivity index (χ4v) is 4.31. The summed E-state index contributed by atoms with van der Waals surface area (Å²) < 4.78 is 5.95. The third-order valence-electron chi connectivity index (χ3n) is 6.33. The molecule has 0 radical (unpaired) electrons. The van der Waals surface area contributed by atoms with Crippen molar-refractivity contribution in [2.45, 2.75) is 51.5 Å². The van der Waals surface area contributed by atoms with Gasteiger partial charge in [0, 0.05) is 33.5 Å². The number of amides is 5. The molecule has 11 heteroatoms. The Morgan fingerprint density at radius 1 is 1.06 bits per heavy atom. The van der Waals surface area contributed by atoms with Crippen LogP contribution < -0.4 is 16.0 Å². The van der Waals surface area contributed by atoms with Gasteiger partial charge in [0.1, 0.15) is 12.1 Å². The van der Waals surface area contributed by atoms with E-state index in [1.54, 1.807) is 13.8 Å². The van der Waals surface area contributed by atoms with Crippen molar-refractivity contribution in [3.05, 3.63) is 35.9 Å². The monoisotopic (exact) mass is 501 g/mol. The molecule has 0 aromatic heterocycles. The van der Waals surface area contributed by atoms with Gasteiger partial charge in [0.15, 0.2) is 6.10 Å². The molecule has 0 spiro atoms. The molecule has 0 unspecified atom stereocenters. The summed E-state index contributed by atoms with van der Waals surface area (Å²) in [5.74, 6) is -2.34. The Balaban J connectivity index is 1.92. The Morgan fingerprint density at radius 2 is 1.75 bits per heavy atom. The molecule has 2 aliphatic heterocycles. The zero-order valence-electron chi connectivity index (χ0n) is 21.2. The maximum atomic E-state index is 13.4. The Bertz CT molecular complexity index is 984. The highest BCUT2D eigenvalue weighted by atomic mass is 16.5. The van der Waals surface area contributed by atoms with Gasteiger partial charge in [-0.1, -0.05) is 44.2 Å². The normalized spacial score (nSPS) is 26.5. The number of nitrogens with zero attached hydrogens (tertiary/aromatic N) is 2. The van der Waals surface area contributed by atoms with E-state index in [4.69, 9.17) is 4.74 Å². The number of rotatable bonds is 3.